The third-order valence-electron chi connectivity index (χ3n) is 2.62. The van der Waals surface area contributed by atoms with Crippen LogP contribution in [0.4, 0.5) is 0 Å². The van der Waals surface area contributed by atoms with E-state index in [4.69, 9.17) is 5.11 Å². The predicted octanol–water partition coefficient (Wildman–Crippen LogP) is 2.04. The summed E-state index contributed by atoms with van der Waals surface area (Å²) in [7, 11) is 0. The zero-order valence-electron chi connectivity index (χ0n) is 7.39. The van der Waals surface area contributed by atoms with Crippen molar-refractivity contribution in [2.75, 3.05) is 0 Å². The zero-order valence-corrected chi connectivity index (χ0v) is 7.39. The van der Waals surface area contributed by atoms with Crippen LogP contribution in [0.2, 0.25) is 0 Å². The van der Waals surface area contributed by atoms with Gasteiger partial charge in [0, 0.05) is 6.42 Å². The molecule has 0 saturated heterocycles. The minimum atomic E-state index is -0.664. The highest BCUT2D eigenvalue weighted by Crippen LogP contribution is 2.40. The molecule has 0 heterocycles. The topological polar surface area (TPSA) is 37.3 Å². The molecule has 2 nitrogen and oxygen atoms in total. The van der Waals surface area contributed by atoms with Gasteiger partial charge in [0.15, 0.2) is 0 Å². The highest BCUT2D eigenvalue weighted by atomic mass is 16.4. The zero-order chi connectivity index (χ0) is 9.03. The highest BCUT2D eigenvalue weighted by molar-refractivity contribution is 5.75. The number of hydrogen-bond acceptors (Lipinski definition) is 1. The lowest BCUT2D eigenvalue weighted by Crippen LogP contribution is -2.26. The van der Waals surface area contributed by atoms with Crippen molar-refractivity contribution in [2.24, 2.45) is 5.41 Å². The molecule has 0 amide bonds. The van der Waals surface area contributed by atoms with Crippen molar-refractivity contribution in [1.82, 2.24) is 0 Å². The first-order valence-electron chi connectivity index (χ1n) is 4.34. The Morgan fingerprint density at radius 1 is 1.50 bits per heavy atom. The Kier molecular flexibility index (Phi) is 2.75. The molecule has 0 radical (unpaired) electrons. The van der Waals surface area contributed by atoms with Crippen molar-refractivity contribution in [2.45, 2.75) is 39.0 Å². The molecule has 12 heavy (non-hydrogen) atoms. The van der Waals surface area contributed by atoms with Gasteiger partial charge < -0.3 is 5.11 Å². The number of aliphatic carboxylic acids is 1. The number of carbonyl (C=O) groups is 1. The Morgan fingerprint density at radius 3 is 2.50 bits per heavy atom. The highest BCUT2D eigenvalue weighted by Gasteiger charge is 2.40. The molecule has 0 spiro atoms. The first-order chi connectivity index (χ1) is 5.71. The van der Waals surface area contributed by atoms with E-state index < -0.39 is 11.4 Å². The SMILES string of the molecule is CC#CCC1(C(=O)O)CCCC1. The number of carboxylic acids is 1. The van der Waals surface area contributed by atoms with E-state index in [1.54, 1.807) is 6.92 Å². The standard InChI is InChI=1S/C10H14O2/c1-2-3-6-10(9(11)12)7-4-5-8-10/h4-8H2,1H3,(H,11,12). The molecule has 0 aromatic carbocycles. The van der Waals surface area contributed by atoms with Gasteiger partial charge in [-0.05, 0) is 19.8 Å². The fourth-order valence-electron chi connectivity index (χ4n) is 1.78. The van der Waals surface area contributed by atoms with Crippen LogP contribution in [0.25, 0.3) is 0 Å². The van der Waals surface area contributed by atoms with Gasteiger partial charge in [-0.25, -0.2) is 0 Å². The van der Waals surface area contributed by atoms with Gasteiger partial charge in [0.2, 0.25) is 0 Å². The largest absolute Gasteiger partial charge is 0.481 e. The minimum absolute atomic E-state index is 0.511. The van der Waals surface area contributed by atoms with Gasteiger partial charge >= 0.3 is 5.97 Å². The van der Waals surface area contributed by atoms with Crippen LogP contribution in [0.3, 0.4) is 0 Å². The second-order valence-electron chi connectivity index (χ2n) is 3.40. The van der Waals surface area contributed by atoms with Crippen molar-refractivity contribution < 1.29 is 9.90 Å². The predicted molar refractivity (Wildman–Crippen MR) is 46.6 cm³/mol. The molecule has 1 fully saturated rings. The number of rotatable bonds is 2. The molecule has 0 unspecified atom stereocenters. The van der Waals surface area contributed by atoms with Gasteiger partial charge in [-0.3, -0.25) is 4.79 Å². The van der Waals surface area contributed by atoms with Crippen molar-refractivity contribution in [1.29, 1.82) is 0 Å². The normalized spacial score (nSPS) is 19.8. The van der Waals surface area contributed by atoms with Crippen LogP contribution < -0.4 is 0 Å². The molecule has 0 aliphatic heterocycles. The Bertz CT molecular complexity index is 226. The molecule has 1 rings (SSSR count). The molecule has 0 aromatic heterocycles. The molecule has 0 bridgehead atoms. The van der Waals surface area contributed by atoms with Crippen LogP contribution in [0.1, 0.15) is 39.0 Å². The summed E-state index contributed by atoms with van der Waals surface area (Å²) in [5, 5.41) is 9.02. The fraction of sp³-hybridized carbons (Fsp3) is 0.700. The van der Waals surface area contributed by atoms with Crippen LogP contribution >= 0.6 is 0 Å². The van der Waals surface area contributed by atoms with E-state index >= 15 is 0 Å². The molecular formula is C10H14O2. The van der Waals surface area contributed by atoms with Crippen molar-refractivity contribution in [3.8, 4) is 11.8 Å². The Labute approximate surface area is 73.0 Å². The van der Waals surface area contributed by atoms with E-state index in [0.717, 1.165) is 25.7 Å². The maximum absolute atomic E-state index is 11.0. The van der Waals surface area contributed by atoms with Gasteiger partial charge in [0.1, 0.15) is 0 Å². The average Bonchev–Trinajstić information content (AvgIpc) is 2.50. The van der Waals surface area contributed by atoms with Crippen molar-refractivity contribution in [3.05, 3.63) is 0 Å². The van der Waals surface area contributed by atoms with Crippen molar-refractivity contribution in [3.63, 3.8) is 0 Å². The summed E-state index contributed by atoms with van der Waals surface area (Å²) in [4.78, 5) is 11.0. The summed E-state index contributed by atoms with van der Waals surface area (Å²) in [6, 6.07) is 0. The van der Waals surface area contributed by atoms with E-state index in [-0.39, 0.29) is 0 Å². The van der Waals surface area contributed by atoms with E-state index in [1.165, 1.54) is 0 Å². The average molecular weight is 166 g/mol. The molecule has 0 aromatic rings. The molecule has 0 atom stereocenters. The lowest BCUT2D eigenvalue weighted by atomic mass is 9.83. The first-order valence-corrected chi connectivity index (χ1v) is 4.34. The van der Waals surface area contributed by atoms with Gasteiger partial charge in [0.05, 0.1) is 5.41 Å². The third-order valence-corrected chi connectivity index (χ3v) is 2.62. The second kappa shape index (κ2) is 3.62. The lowest BCUT2D eigenvalue weighted by Gasteiger charge is -2.20. The molecule has 66 valence electrons. The van der Waals surface area contributed by atoms with E-state index in [0.29, 0.717) is 6.42 Å². The molecule has 1 aliphatic rings. The van der Waals surface area contributed by atoms with Crippen LogP contribution in [0, 0.1) is 17.3 Å². The minimum Gasteiger partial charge on any atom is -0.481 e. The lowest BCUT2D eigenvalue weighted by molar-refractivity contribution is -0.148. The molecule has 2 heteroatoms. The fourth-order valence-corrected chi connectivity index (χ4v) is 1.78. The van der Waals surface area contributed by atoms with E-state index in [2.05, 4.69) is 11.8 Å². The summed E-state index contributed by atoms with van der Waals surface area (Å²) in [5.41, 5.74) is -0.511. The number of hydrogen-bond donors (Lipinski definition) is 1. The summed E-state index contributed by atoms with van der Waals surface area (Å²) < 4.78 is 0. The molecule has 1 saturated carbocycles. The van der Waals surface area contributed by atoms with Gasteiger partial charge in [-0.15, -0.1) is 11.8 Å². The second-order valence-corrected chi connectivity index (χ2v) is 3.40. The van der Waals surface area contributed by atoms with Crippen molar-refractivity contribution >= 4 is 5.97 Å². The maximum Gasteiger partial charge on any atom is 0.310 e. The van der Waals surface area contributed by atoms with Crippen LogP contribution in [0.15, 0.2) is 0 Å². The quantitative estimate of drug-likeness (QED) is 0.637. The smallest absolute Gasteiger partial charge is 0.310 e. The Balaban J connectivity index is 2.69. The summed E-state index contributed by atoms with van der Waals surface area (Å²) in [6.45, 7) is 1.75. The van der Waals surface area contributed by atoms with Crippen LogP contribution in [-0.4, -0.2) is 11.1 Å². The third kappa shape index (κ3) is 1.61. The first kappa shape index (κ1) is 9.12. The van der Waals surface area contributed by atoms with Gasteiger partial charge in [-0.2, -0.15) is 0 Å². The molecular weight excluding hydrogens is 152 g/mol. The van der Waals surface area contributed by atoms with E-state index in [1.807, 2.05) is 0 Å². The molecule has 1 aliphatic carbocycles. The van der Waals surface area contributed by atoms with Gasteiger partial charge in [-0.1, -0.05) is 12.8 Å². The van der Waals surface area contributed by atoms with Crippen LogP contribution in [0.5, 0.6) is 0 Å². The summed E-state index contributed by atoms with van der Waals surface area (Å²) in [6.07, 6.45) is 4.21. The Morgan fingerprint density at radius 2 is 2.08 bits per heavy atom. The van der Waals surface area contributed by atoms with E-state index in [9.17, 15) is 4.79 Å². The van der Waals surface area contributed by atoms with Gasteiger partial charge in [0.25, 0.3) is 0 Å². The summed E-state index contributed by atoms with van der Waals surface area (Å²) >= 11 is 0. The Hall–Kier alpha value is -0.970. The maximum atomic E-state index is 11.0. The molecule has 1 N–H and O–H groups in total. The number of carboxylic acid groups (broad SMARTS) is 1. The van der Waals surface area contributed by atoms with Crippen LogP contribution in [-0.2, 0) is 4.79 Å². The summed E-state index contributed by atoms with van der Waals surface area (Å²) in [5.74, 6) is 4.98. The monoisotopic (exact) mass is 166 g/mol.